The Labute approximate surface area is 122 Å². The molecule has 0 bridgehead atoms. The monoisotopic (exact) mass is 282 g/mol. The molecule has 0 aromatic carbocycles. The first-order valence-electron chi connectivity index (χ1n) is 8.44. The number of aliphatic hydroxyl groups is 1. The van der Waals surface area contributed by atoms with Crippen LogP contribution in [0.5, 0.6) is 0 Å². The van der Waals surface area contributed by atoms with Gasteiger partial charge in [-0.05, 0) is 51.5 Å². The van der Waals surface area contributed by atoms with E-state index in [1.807, 2.05) is 0 Å². The lowest BCUT2D eigenvalue weighted by molar-refractivity contribution is -0.00531. The van der Waals surface area contributed by atoms with Crippen LogP contribution in [-0.2, 0) is 4.74 Å². The highest BCUT2D eigenvalue weighted by Gasteiger charge is 2.45. The molecule has 116 valence electrons. The van der Waals surface area contributed by atoms with Crippen molar-refractivity contribution in [2.24, 2.45) is 5.92 Å². The summed E-state index contributed by atoms with van der Waals surface area (Å²) in [5.74, 6) is 0.642. The molecule has 4 heteroatoms. The van der Waals surface area contributed by atoms with Crippen molar-refractivity contribution >= 4 is 0 Å². The van der Waals surface area contributed by atoms with Crippen LogP contribution >= 0.6 is 0 Å². The summed E-state index contributed by atoms with van der Waals surface area (Å²) in [7, 11) is 0. The Balaban J connectivity index is 1.54. The number of nitrogens with one attached hydrogen (secondary N) is 1. The van der Waals surface area contributed by atoms with Crippen LogP contribution in [0.15, 0.2) is 0 Å². The highest BCUT2D eigenvalue weighted by atomic mass is 16.5. The Morgan fingerprint density at radius 3 is 2.90 bits per heavy atom. The largest absolute Gasteiger partial charge is 0.394 e. The molecule has 0 amide bonds. The van der Waals surface area contributed by atoms with Crippen molar-refractivity contribution in [1.82, 2.24) is 10.2 Å². The van der Waals surface area contributed by atoms with Gasteiger partial charge in [-0.3, -0.25) is 4.90 Å². The van der Waals surface area contributed by atoms with E-state index in [4.69, 9.17) is 4.74 Å². The molecule has 3 aliphatic rings. The minimum absolute atomic E-state index is 0.0245. The lowest BCUT2D eigenvalue weighted by atomic mass is 9.84. The van der Waals surface area contributed by atoms with E-state index in [1.165, 1.54) is 32.1 Å². The van der Waals surface area contributed by atoms with E-state index >= 15 is 0 Å². The van der Waals surface area contributed by atoms with E-state index in [-0.39, 0.29) is 5.54 Å². The fraction of sp³-hybridized carbons (Fsp3) is 1.00. The van der Waals surface area contributed by atoms with Gasteiger partial charge in [-0.1, -0.05) is 6.42 Å². The zero-order chi connectivity index (χ0) is 14.0. The first-order valence-corrected chi connectivity index (χ1v) is 8.44. The summed E-state index contributed by atoms with van der Waals surface area (Å²) in [6.07, 6.45) is 7.51. The molecule has 3 fully saturated rings. The van der Waals surface area contributed by atoms with Crippen LogP contribution in [-0.4, -0.2) is 60.5 Å². The summed E-state index contributed by atoms with van der Waals surface area (Å²) in [5.41, 5.74) is 0.0245. The van der Waals surface area contributed by atoms with Crippen LogP contribution in [0.1, 0.15) is 45.4 Å². The maximum atomic E-state index is 9.96. The molecule has 3 atom stereocenters. The lowest BCUT2D eigenvalue weighted by Gasteiger charge is -2.38. The molecule has 2 aliphatic carbocycles. The molecule has 2 N–H and O–H groups in total. The van der Waals surface area contributed by atoms with Crippen LogP contribution in [0, 0.1) is 5.92 Å². The maximum absolute atomic E-state index is 9.96. The van der Waals surface area contributed by atoms with E-state index < -0.39 is 0 Å². The summed E-state index contributed by atoms with van der Waals surface area (Å²) < 4.78 is 5.51. The Hall–Kier alpha value is -0.160. The maximum Gasteiger partial charge on any atom is 0.0619 e. The van der Waals surface area contributed by atoms with Crippen LogP contribution < -0.4 is 5.32 Å². The fourth-order valence-corrected chi connectivity index (χ4v) is 4.06. The van der Waals surface area contributed by atoms with E-state index in [0.29, 0.717) is 24.6 Å². The zero-order valence-corrected chi connectivity index (χ0v) is 12.8. The van der Waals surface area contributed by atoms with E-state index in [2.05, 4.69) is 17.1 Å². The third kappa shape index (κ3) is 3.19. The number of hydrogen-bond donors (Lipinski definition) is 2. The second-order valence-corrected chi connectivity index (χ2v) is 7.07. The highest BCUT2D eigenvalue weighted by Crippen LogP contribution is 2.40. The normalized spacial score (nSPS) is 39.3. The van der Waals surface area contributed by atoms with Crippen molar-refractivity contribution in [1.29, 1.82) is 0 Å². The van der Waals surface area contributed by atoms with E-state index in [1.54, 1.807) is 0 Å². The smallest absolute Gasteiger partial charge is 0.0619 e. The first-order chi connectivity index (χ1) is 9.73. The molecule has 0 aromatic rings. The number of aliphatic hydroxyl groups excluding tert-OH is 1. The molecule has 20 heavy (non-hydrogen) atoms. The average molecular weight is 282 g/mol. The highest BCUT2D eigenvalue weighted by molar-refractivity contribution is 5.03. The number of ether oxygens (including phenoxy) is 1. The number of nitrogens with zero attached hydrogens (tertiary/aromatic N) is 1. The molecule has 1 saturated heterocycles. The summed E-state index contributed by atoms with van der Waals surface area (Å²) in [6.45, 7) is 6.54. The van der Waals surface area contributed by atoms with Gasteiger partial charge in [0.15, 0.2) is 0 Å². The number of hydrogen-bond acceptors (Lipinski definition) is 4. The van der Waals surface area contributed by atoms with E-state index in [0.717, 1.165) is 32.7 Å². The Morgan fingerprint density at radius 1 is 1.35 bits per heavy atom. The molecule has 0 aromatic heterocycles. The molecule has 1 heterocycles. The number of rotatable bonds is 6. The molecule has 0 spiro atoms. The second-order valence-electron chi connectivity index (χ2n) is 7.07. The van der Waals surface area contributed by atoms with Gasteiger partial charge in [0, 0.05) is 24.2 Å². The molecule has 4 nitrogen and oxygen atoms in total. The minimum Gasteiger partial charge on any atom is -0.394 e. The van der Waals surface area contributed by atoms with Crippen LogP contribution in [0.4, 0.5) is 0 Å². The quantitative estimate of drug-likeness (QED) is 0.772. The van der Waals surface area contributed by atoms with Gasteiger partial charge >= 0.3 is 0 Å². The average Bonchev–Trinajstić information content (AvgIpc) is 3.18. The van der Waals surface area contributed by atoms with Gasteiger partial charge in [-0.15, -0.1) is 0 Å². The van der Waals surface area contributed by atoms with Crippen molar-refractivity contribution in [2.45, 2.75) is 63.1 Å². The third-order valence-electron chi connectivity index (χ3n) is 5.58. The predicted molar refractivity (Wildman–Crippen MR) is 79.8 cm³/mol. The van der Waals surface area contributed by atoms with Crippen LogP contribution in [0.2, 0.25) is 0 Å². The second kappa shape index (κ2) is 6.30. The molecular formula is C16H30N2O2. The van der Waals surface area contributed by atoms with Gasteiger partial charge in [0.25, 0.3) is 0 Å². The van der Waals surface area contributed by atoms with Gasteiger partial charge < -0.3 is 15.2 Å². The Kier molecular flexibility index (Phi) is 4.65. The standard InChI is InChI=1S/C16H30N2O2/c1-13-11-20-10-9-18(13)8-6-14-3-2-7-16(14,12-19)17-15-4-5-15/h13-15,17,19H,2-12H2,1H3. The lowest BCUT2D eigenvalue weighted by Crippen LogP contribution is -2.53. The van der Waals surface area contributed by atoms with Gasteiger partial charge in [-0.2, -0.15) is 0 Å². The predicted octanol–water partition coefficient (Wildman–Crippen LogP) is 1.38. The van der Waals surface area contributed by atoms with Crippen LogP contribution in [0.25, 0.3) is 0 Å². The minimum atomic E-state index is 0.0245. The molecule has 1 aliphatic heterocycles. The van der Waals surface area contributed by atoms with Gasteiger partial charge in [-0.25, -0.2) is 0 Å². The van der Waals surface area contributed by atoms with Crippen molar-refractivity contribution in [3.05, 3.63) is 0 Å². The summed E-state index contributed by atoms with van der Waals surface area (Å²) in [6, 6.07) is 1.23. The summed E-state index contributed by atoms with van der Waals surface area (Å²) >= 11 is 0. The van der Waals surface area contributed by atoms with Crippen molar-refractivity contribution in [3.63, 3.8) is 0 Å². The third-order valence-corrected chi connectivity index (χ3v) is 5.58. The van der Waals surface area contributed by atoms with Gasteiger partial charge in [0.05, 0.1) is 19.8 Å². The molecule has 3 unspecified atom stereocenters. The topological polar surface area (TPSA) is 44.7 Å². The fourth-order valence-electron chi connectivity index (χ4n) is 4.06. The first kappa shape index (κ1) is 14.8. The Morgan fingerprint density at radius 2 is 2.20 bits per heavy atom. The summed E-state index contributed by atoms with van der Waals surface area (Å²) in [5, 5.41) is 13.7. The van der Waals surface area contributed by atoms with Crippen molar-refractivity contribution in [3.8, 4) is 0 Å². The van der Waals surface area contributed by atoms with Crippen LogP contribution in [0.3, 0.4) is 0 Å². The van der Waals surface area contributed by atoms with Crippen molar-refractivity contribution < 1.29 is 9.84 Å². The SMILES string of the molecule is CC1COCCN1CCC1CCCC1(CO)NC1CC1. The molecule has 3 rings (SSSR count). The van der Waals surface area contributed by atoms with Gasteiger partial charge in [0.2, 0.25) is 0 Å². The zero-order valence-electron chi connectivity index (χ0n) is 12.8. The van der Waals surface area contributed by atoms with Crippen molar-refractivity contribution in [2.75, 3.05) is 32.9 Å². The Bertz CT molecular complexity index is 322. The number of morpholine rings is 1. The molecule has 0 radical (unpaired) electrons. The van der Waals surface area contributed by atoms with E-state index in [9.17, 15) is 5.11 Å². The van der Waals surface area contributed by atoms with Gasteiger partial charge in [0.1, 0.15) is 0 Å². The summed E-state index contributed by atoms with van der Waals surface area (Å²) in [4.78, 5) is 2.56. The molecule has 2 saturated carbocycles. The molecular weight excluding hydrogens is 252 g/mol.